The lowest BCUT2D eigenvalue weighted by molar-refractivity contribution is 0.199. The van der Waals surface area contributed by atoms with Crippen molar-refractivity contribution < 1.29 is 0 Å². The van der Waals surface area contributed by atoms with E-state index in [0.29, 0.717) is 6.04 Å². The zero-order valence-electron chi connectivity index (χ0n) is 10.8. The van der Waals surface area contributed by atoms with Crippen LogP contribution in [0.1, 0.15) is 25.3 Å². The lowest BCUT2D eigenvalue weighted by Crippen LogP contribution is -2.36. The maximum atomic E-state index is 6.03. The van der Waals surface area contributed by atoms with Gasteiger partial charge in [-0.25, -0.2) is 0 Å². The third-order valence-electron chi connectivity index (χ3n) is 3.43. The van der Waals surface area contributed by atoms with Gasteiger partial charge >= 0.3 is 0 Å². The minimum atomic E-state index is 0.680. The van der Waals surface area contributed by atoms with Gasteiger partial charge in [0.1, 0.15) is 0 Å². The minimum Gasteiger partial charge on any atom is -0.315 e. The Morgan fingerprint density at radius 3 is 2.94 bits per heavy atom. The Kier molecular flexibility index (Phi) is 5.49. The SMILES string of the molecule is CCCN(Cc1ccc(Cl)c(Br)c1)C1CCNC1. The van der Waals surface area contributed by atoms with Crippen molar-refractivity contribution in [3.63, 3.8) is 0 Å². The van der Waals surface area contributed by atoms with Crippen LogP contribution in [0.15, 0.2) is 22.7 Å². The number of hydrogen-bond acceptors (Lipinski definition) is 2. The number of halogens is 2. The summed E-state index contributed by atoms with van der Waals surface area (Å²) in [4.78, 5) is 2.58. The molecule has 0 aromatic heterocycles. The summed E-state index contributed by atoms with van der Waals surface area (Å²) in [6, 6.07) is 6.91. The Morgan fingerprint density at radius 1 is 1.50 bits per heavy atom. The van der Waals surface area contributed by atoms with Crippen molar-refractivity contribution in [2.75, 3.05) is 19.6 Å². The number of nitrogens with one attached hydrogen (secondary N) is 1. The van der Waals surface area contributed by atoms with Gasteiger partial charge in [-0.3, -0.25) is 4.90 Å². The molecule has 0 bridgehead atoms. The second-order valence-corrected chi connectivity index (χ2v) is 6.13. The molecule has 1 fully saturated rings. The minimum absolute atomic E-state index is 0.680. The van der Waals surface area contributed by atoms with Gasteiger partial charge in [0.05, 0.1) is 5.02 Å². The summed E-state index contributed by atoms with van der Waals surface area (Å²) in [5, 5.41) is 4.23. The van der Waals surface area contributed by atoms with Crippen molar-refractivity contribution >= 4 is 27.5 Å². The van der Waals surface area contributed by atoms with E-state index in [0.717, 1.165) is 35.7 Å². The molecule has 1 aliphatic rings. The van der Waals surface area contributed by atoms with Crippen LogP contribution < -0.4 is 5.32 Å². The third kappa shape index (κ3) is 3.70. The fourth-order valence-electron chi connectivity index (χ4n) is 2.50. The third-order valence-corrected chi connectivity index (χ3v) is 4.65. The van der Waals surface area contributed by atoms with Crippen LogP contribution in [0.5, 0.6) is 0 Å². The topological polar surface area (TPSA) is 15.3 Å². The molecule has 1 unspecified atom stereocenters. The molecule has 1 aliphatic heterocycles. The Hall–Kier alpha value is -0.0900. The van der Waals surface area contributed by atoms with E-state index in [-0.39, 0.29) is 0 Å². The molecule has 0 saturated carbocycles. The summed E-state index contributed by atoms with van der Waals surface area (Å²) < 4.78 is 0.989. The average Bonchev–Trinajstić information content (AvgIpc) is 2.87. The molecule has 1 N–H and O–H groups in total. The van der Waals surface area contributed by atoms with E-state index in [4.69, 9.17) is 11.6 Å². The van der Waals surface area contributed by atoms with Crippen LogP contribution in [-0.2, 0) is 6.54 Å². The van der Waals surface area contributed by atoms with Gasteiger partial charge in [-0.2, -0.15) is 0 Å². The quantitative estimate of drug-likeness (QED) is 0.885. The smallest absolute Gasteiger partial charge is 0.0548 e. The molecule has 1 saturated heterocycles. The van der Waals surface area contributed by atoms with Gasteiger partial charge in [0, 0.05) is 23.6 Å². The summed E-state index contributed by atoms with van der Waals surface area (Å²) in [6.45, 7) is 6.68. The number of rotatable bonds is 5. The largest absolute Gasteiger partial charge is 0.315 e. The molecular weight excluding hydrogens is 312 g/mol. The van der Waals surface area contributed by atoms with E-state index in [9.17, 15) is 0 Å². The molecule has 100 valence electrons. The predicted molar refractivity (Wildman–Crippen MR) is 81.1 cm³/mol. The van der Waals surface area contributed by atoms with Crippen molar-refractivity contribution in [3.8, 4) is 0 Å². The number of benzene rings is 1. The van der Waals surface area contributed by atoms with E-state index in [1.165, 1.54) is 18.4 Å². The maximum absolute atomic E-state index is 6.03. The summed E-state index contributed by atoms with van der Waals surface area (Å²) in [5.74, 6) is 0. The van der Waals surface area contributed by atoms with Gasteiger partial charge < -0.3 is 5.32 Å². The molecule has 18 heavy (non-hydrogen) atoms. The summed E-state index contributed by atoms with van der Waals surface area (Å²) in [5.41, 5.74) is 1.33. The standard InChI is InChI=1S/C14H20BrClN2/c1-2-7-18(12-5-6-17-9-12)10-11-3-4-14(16)13(15)8-11/h3-4,8,12,17H,2,5-7,9-10H2,1H3. The highest BCUT2D eigenvalue weighted by Gasteiger charge is 2.21. The van der Waals surface area contributed by atoms with Crippen LogP contribution in [0.25, 0.3) is 0 Å². The second kappa shape index (κ2) is 6.90. The highest BCUT2D eigenvalue weighted by atomic mass is 79.9. The van der Waals surface area contributed by atoms with E-state index in [1.807, 2.05) is 6.07 Å². The molecule has 0 radical (unpaired) electrons. The van der Waals surface area contributed by atoms with Crippen molar-refractivity contribution in [2.45, 2.75) is 32.4 Å². The van der Waals surface area contributed by atoms with Gasteiger partial charge in [0.25, 0.3) is 0 Å². The monoisotopic (exact) mass is 330 g/mol. The van der Waals surface area contributed by atoms with Crippen molar-refractivity contribution in [1.29, 1.82) is 0 Å². The molecule has 1 aromatic carbocycles. The van der Waals surface area contributed by atoms with Crippen molar-refractivity contribution in [1.82, 2.24) is 10.2 Å². The van der Waals surface area contributed by atoms with E-state index >= 15 is 0 Å². The van der Waals surface area contributed by atoms with Crippen LogP contribution in [0.3, 0.4) is 0 Å². The van der Waals surface area contributed by atoms with E-state index in [1.54, 1.807) is 0 Å². The molecule has 0 amide bonds. The molecule has 4 heteroatoms. The summed E-state index contributed by atoms with van der Waals surface area (Å²) >= 11 is 9.53. The van der Waals surface area contributed by atoms with E-state index < -0.39 is 0 Å². The lowest BCUT2D eigenvalue weighted by atomic mass is 10.1. The lowest BCUT2D eigenvalue weighted by Gasteiger charge is -2.28. The van der Waals surface area contributed by atoms with Crippen LogP contribution in [-0.4, -0.2) is 30.6 Å². The molecule has 1 atom stereocenters. The summed E-state index contributed by atoms with van der Waals surface area (Å²) in [7, 11) is 0. The van der Waals surface area contributed by atoms with Gasteiger partial charge in [-0.05, 0) is 59.6 Å². The fourth-order valence-corrected chi connectivity index (χ4v) is 3.05. The molecule has 2 nitrogen and oxygen atoms in total. The van der Waals surface area contributed by atoms with Gasteiger partial charge in [0.2, 0.25) is 0 Å². The van der Waals surface area contributed by atoms with Crippen LogP contribution in [0, 0.1) is 0 Å². The first-order chi connectivity index (χ1) is 8.70. The summed E-state index contributed by atoms with van der Waals surface area (Å²) in [6.07, 6.45) is 2.46. The Bertz CT molecular complexity index is 391. The van der Waals surface area contributed by atoms with Crippen molar-refractivity contribution in [3.05, 3.63) is 33.3 Å². The highest BCUT2D eigenvalue weighted by Crippen LogP contribution is 2.24. The Morgan fingerprint density at radius 2 is 2.33 bits per heavy atom. The molecule has 1 heterocycles. The zero-order valence-corrected chi connectivity index (χ0v) is 13.1. The van der Waals surface area contributed by atoms with Gasteiger partial charge in [-0.1, -0.05) is 24.6 Å². The van der Waals surface area contributed by atoms with E-state index in [2.05, 4.69) is 45.2 Å². The average molecular weight is 332 g/mol. The molecule has 1 aromatic rings. The molecule has 2 rings (SSSR count). The first kappa shape index (κ1) is 14.3. The van der Waals surface area contributed by atoms with Gasteiger partial charge in [0.15, 0.2) is 0 Å². The first-order valence-corrected chi connectivity index (χ1v) is 7.76. The Balaban J connectivity index is 2.04. The maximum Gasteiger partial charge on any atom is 0.0548 e. The first-order valence-electron chi connectivity index (χ1n) is 6.59. The van der Waals surface area contributed by atoms with Crippen molar-refractivity contribution in [2.24, 2.45) is 0 Å². The molecule has 0 spiro atoms. The second-order valence-electron chi connectivity index (χ2n) is 4.87. The number of nitrogens with zero attached hydrogens (tertiary/aromatic N) is 1. The fraction of sp³-hybridized carbons (Fsp3) is 0.571. The predicted octanol–water partition coefficient (Wildman–Crippen LogP) is 3.68. The normalized spacial score (nSPS) is 19.7. The number of hydrogen-bond donors (Lipinski definition) is 1. The molecular formula is C14H20BrClN2. The van der Waals surface area contributed by atoms with Gasteiger partial charge in [-0.15, -0.1) is 0 Å². The highest BCUT2D eigenvalue weighted by molar-refractivity contribution is 9.10. The molecule has 0 aliphatic carbocycles. The zero-order chi connectivity index (χ0) is 13.0. The van der Waals surface area contributed by atoms with Crippen LogP contribution in [0.2, 0.25) is 5.02 Å². The Labute approximate surface area is 123 Å². The van der Waals surface area contributed by atoms with Crippen LogP contribution >= 0.6 is 27.5 Å². The van der Waals surface area contributed by atoms with Crippen LogP contribution in [0.4, 0.5) is 0 Å².